The van der Waals surface area contributed by atoms with Crippen LogP contribution in [0.15, 0.2) is 54.6 Å². The Balaban J connectivity index is 1.78. The average molecular weight is 295 g/mol. The highest BCUT2D eigenvalue weighted by atomic mass is 16.4. The molecular formula is C18H17NO3. The zero-order valence-corrected chi connectivity index (χ0v) is 12.1. The quantitative estimate of drug-likeness (QED) is 0.921. The fourth-order valence-corrected chi connectivity index (χ4v) is 2.88. The first kappa shape index (κ1) is 14.3. The van der Waals surface area contributed by atoms with E-state index in [1.165, 1.54) is 10.5 Å². The summed E-state index contributed by atoms with van der Waals surface area (Å²) in [5.41, 5.74) is 3.14. The average Bonchev–Trinajstić information content (AvgIpc) is 2.48. The third kappa shape index (κ3) is 2.86. The SMILES string of the molecule is O=C(O)CN(Cc1ccccc1)C(=O)C1Cc2ccccc21. The Kier molecular flexibility index (Phi) is 3.92. The molecule has 22 heavy (non-hydrogen) atoms. The van der Waals surface area contributed by atoms with Crippen LogP contribution in [0.25, 0.3) is 0 Å². The first-order valence-electron chi connectivity index (χ1n) is 7.27. The third-order valence-corrected chi connectivity index (χ3v) is 4.01. The fourth-order valence-electron chi connectivity index (χ4n) is 2.88. The van der Waals surface area contributed by atoms with E-state index in [1.807, 2.05) is 54.6 Å². The molecule has 1 N–H and O–H groups in total. The van der Waals surface area contributed by atoms with E-state index in [-0.39, 0.29) is 18.4 Å². The van der Waals surface area contributed by atoms with Gasteiger partial charge in [-0.1, -0.05) is 54.6 Å². The summed E-state index contributed by atoms with van der Waals surface area (Å²) >= 11 is 0. The van der Waals surface area contributed by atoms with E-state index in [0.29, 0.717) is 13.0 Å². The van der Waals surface area contributed by atoms with E-state index in [0.717, 1.165) is 11.1 Å². The number of benzene rings is 2. The van der Waals surface area contributed by atoms with E-state index < -0.39 is 5.97 Å². The van der Waals surface area contributed by atoms with Crippen LogP contribution in [0.2, 0.25) is 0 Å². The largest absolute Gasteiger partial charge is 0.480 e. The normalized spacial score (nSPS) is 15.5. The van der Waals surface area contributed by atoms with Crippen LogP contribution in [0.5, 0.6) is 0 Å². The summed E-state index contributed by atoms with van der Waals surface area (Å²) in [6, 6.07) is 17.3. The third-order valence-electron chi connectivity index (χ3n) is 4.01. The molecule has 0 heterocycles. The molecular weight excluding hydrogens is 278 g/mol. The van der Waals surface area contributed by atoms with E-state index in [2.05, 4.69) is 0 Å². The Morgan fingerprint density at radius 3 is 2.41 bits per heavy atom. The van der Waals surface area contributed by atoms with E-state index in [4.69, 9.17) is 5.11 Å². The van der Waals surface area contributed by atoms with Crippen molar-refractivity contribution in [2.75, 3.05) is 6.54 Å². The van der Waals surface area contributed by atoms with Gasteiger partial charge in [0.2, 0.25) is 5.91 Å². The maximum Gasteiger partial charge on any atom is 0.323 e. The van der Waals surface area contributed by atoms with Crippen molar-refractivity contribution in [2.24, 2.45) is 0 Å². The molecule has 3 rings (SSSR count). The van der Waals surface area contributed by atoms with Gasteiger partial charge in [0.15, 0.2) is 0 Å². The summed E-state index contributed by atoms with van der Waals surface area (Å²) in [4.78, 5) is 25.2. The zero-order valence-electron chi connectivity index (χ0n) is 12.1. The van der Waals surface area contributed by atoms with Crippen LogP contribution in [-0.2, 0) is 22.6 Å². The van der Waals surface area contributed by atoms with Crippen molar-refractivity contribution in [1.82, 2.24) is 4.90 Å². The second kappa shape index (κ2) is 6.02. The second-order valence-electron chi connectivity index (χ2n) is 5.53. The Labute approximate surface area is 129 Å². The number of nitrogens with zero attached hydrogens (tertiary/aromatic N) is 1. The van der Waals surface area contributed by atoms with E-state index in [1.54, 1.807) is 0 Å². The molecule has 0 aromatic heterocycles. The molecule has 4 nitrogen and oxygen atoms in total. The minimum absolute atomic E-state index is 0.107. The van der Waals surface area contributed by atoms with Gasteiger partial charge in [0.25, 0.3) is 0 Å². The molecule has 1 unspecified atom stereocenters. The van der Waals surface area contributed by atoms with Crippen molar-refractivity contribution in [3.63, 3.8) is 0 Å². The van der Waals surface area contributed by atoms with Gasteiger partial charge >= 0.3 is 5.97 Å². The van der Waals surface area contributed by atoms with Gasteiger partial charge < -0.3 is 10.0 Å². The number of carboxylic acids is 1. The predicted molar refractivity (Wildman–Crippen MR) is 82.4 cm³/mol. The Hall–Kier alpha value is -2.62. The van der Waals surface area contributed by atoms with Gasteiger partial charge in [-0.15, -0.1) is 0 Å². The molecule has 0 spiro atoms. The monoisotopic (exact) mass is 295 g/mol. The Morgan fingerprint density at radius 2 is 1.73 bits per heavy atom. The molecule has 112 valence electrons. The first-order valence-corrected chi connectivity index (χ1v) is 7.27. The molecule has 1 amide bonds. The van der Waals surface area contributed by atoms with Gasteiger partial charge in [0.05, 0.1) is 5.92 Å². The van der Waals surface area contributed by atoms with E-state index >= 15 is 0 Å². The molecule has 0 aliphatic heterocycles. The standard InChI is InChI=1S/C18H17NO3/c20-17(21)12-19(11-13-6-2-1-3-7-13)18(22)16-10-14-8-4-5-9-15(14)16/h1-9,16H,10-12H2,(H,20,21). The van der Waals surface area contributed by atoms with Crippen LogP contribution in [0, 0.1) is 0 Å². The summed E-state index contributed by atoms with van der Waals surface area (Å²) in [7, 11) is 0. The minimum Gasteiger partial charge on any atom is -0.480 e. The van der Waals surface area contributed by atoms with Crippen molar-refractivity contribution in [1.29, 1.82) is 0 Å². The molecule has 0 saturated carbocycles. The minimum atomic E-state index is -0.989. The molecule has 0 fully saturated rings. The van der Waals surface area contributed by atoms with Gasteiger partial charge in [-0.2, -0.15) is 0 Å². The maximum absolute atomic E-state index is 12.7. The topological polar surface area (TPSA) is 57.6 Å². The zero-order chi connectivity index (χ0) is 15.5. The van der Waals surface area contributed by atoms with Crippen LogP contribution < -0.4 is 0 Å². The summed E-state index contributed by atoms with van der Waals surface area (Å²) in [6.07, 6.45) is 0.694. The molecule has 4 heteroatoms. The van der Waals surface area contributed by atoms with Crippen LogP contribution in [-0.4, -0.2) is 28.4 Å². The number of carboxylic acid groups (broad SMARTS) is 1. The molecule has 0 saturated heterocycles. The molecule has 2 aromatic rings. The van der Waals surface area contributed by atoms with Gasteiger partial charge in [0.1, 0.15) is 6.54 Å². The first-order chi connectivity index (χ1) is 10.6. The number of carbonyl (C=O) groups excluding carboxylic acids is 1. The second-order valence-corrected chi connectivity index (χ2v) is 5.53. The maximum atomic E-state index is 12.7. The van der Waals surface area contributed by atoms with Crippen LogP contribution in [0.3, 0.4) is 0 Å². The lowest BCUT2D eigenvalue weighted by Crippen LogP contribution is -2.41. The lowest BCUT2D eigenvalue weighted by molar-refractivity contribution is -0.145. The highest BCUT2D eigenvalue weighted by molar-refractivity contribution is 5.89. The molecule has 0 radical (unpaired) electrons. The van der Waals surface area contributed by atoms with Gasteiger partial charge in [0, 0.05) is 6.54 Å². The fraction of sp³-hybridized carbons (Fsp3) is 0.222. The number of carbonyl (C=O) groups is 2. The van der Waals surface area contributed by atoms with Crippen molar-refractivity contribution >= 4 is 11.9 Å². The van der Waals surface area contributed by atoms with Crippen molar-refractivity contribution in [2.45, 2.75) is 18.9 Å². The van der Waals surface area contributed by atoms with Crippen molar-refractivity contribution < 1.29 is 14.7 Å². The molecule has 1 aliphatic rings. The summed E-state index contributed by atoms with van der Waals surface area (Å²) in [6.45, 7) is 0.0526. The molecule has 2 aromatic carbocycles. The Morgan fingerprint density at radius 1 is 1.05 bits per heavy atom. The van der Waals surface area contributed by atoms with Crippen molar-refractivity contribution in [3.05, 3.63) is 71.3 Å². The number of hydrogen-bond acceptors (Lipinski definition) is 2. The number of rotatable bonds is 5. The van der Waals surface area contributed by atoms with Crippen LogP contribution >= 0.6 is 0 Å². The van der Waals surface area contributed by atoms with Crippen molar-refractivity contribution in [3.8, 4) is 0 Å². The molecule has 0 bridgehead atoms. The number of fused-ring (bicyclic) bond motifs is 1. The summed E-state index contributed by atoms with van der Waals surface area (Å²) in [5.74, 6) is -1.30. The smallest absolute Gasteiger partial charge is 0.323 e. The summed E-state index contributed by atoms with van der Waals surface area (Å²) in [5, 5.41) is 9.08. The summed E-state index contributed by atoms with van der Waals surface area (Å²) < 4.78 is 0. The van der Waals surface area contributed by atoms with E-state index in [9.17, 15) is 9.59 Å². The van der Waals surface area contributed by atoms with Gasteiger partial charge in [-0.25, -0.2) is 0 Å². The van der Waals surface area contributed by atoms with Gasteiger partial charge in [-0.3, -0.25) is 9.59 Å². The van der Waals surface area contributed by atoms with Crippen LogP contribution in [0.4, 0.5) is 0 Å². The predicted octanol–water partition coefficient (Wildman–Crippen LogP) is 2.44. The lowest BCUT2D eigenvalue weighted by Gasteiger charge is -2.33. The number of hydrogen-bond donors (Lipinski definition) is 1. The lowest BCUT2D eigenvalue weighted by atomic mass is 9.77. The Bertz CT molecular complexity index is 696. The highest BCUT2D eigenvalue weighted by Gasteiger charge is 2.35. The van der Waals surface area contributed by atoms with Gasteiger partial charge in [-0.05, 0) is 23.1 Å². The molecule has 1 aliphatic carbocycles. The van der Waals surface area contributed by atoms with Crippen LogP contribution in [0.1, 0.15) is 22.6 Å². The number of aliphatic carboxylic acids is 1. The highest BCUT2D eigenvalue weighted by Crippen LogP contribution is 2.36. The molecule has 1 atom stereocenters. The number of amides is 1.